The van der Waals surface area contributed by atoms with Crippen LogP contribution in [0.3, 0.4) is 0 Å². The fourth-order valence-corrected chi connectivity index (χ4v) is 2.43. The van der Waals surface area contributed by atoms with Crippen molar-refractivity contribution in [1.29, 1.82) is 0 Å². The largest absolute Gasteiger partial charge is 0.392 e. The lowest BCUT2D eigenvalue weighted by Gasteiger charge is -2.18. The van der Waals surface area contributed by atoms with E-state index >= 15 is 0 Å². The first-order valence-corrected chi connectivity index (χ1v) is 6.86. The Balaban J connectivity index is 2.43. The van der Waals surface area contributed by atoms with E-state index in [0.29, 0.717) is 18.5 Å². The highest BCUT2D eigenvalue weighted by molar-refractivity contribution is 7.12. The average Bonchev–Trinajstić information content (AvgIpc) is 2.73. The third kappa shape index (κ3) is 3.89. The minimum absolute atomic E-state index is 0.256. The number of aliphatic hydroxyl groups excluding tert-OH is 1. The molecule has 0 spiro atoms. The first kappa shape index (κ1) is 13.7. The second-order valence-corrected chi connectivity index (χ2v) is 5.80. The number of rotatable bonds is 6. The van der Waals surface area contributed by atoms with E-state index in [0.717, 1.165) is 6.42 Å². The van der Waals surface area contributed by atoms with Crippen molar-refractivity contribution in [2.75, 3.05) is 6.54 Å². The fraction of sp³-hybridized carbons (Fsp3) is 0.692. The number of nitrogens with one attached hydrogen (secondary N) is 1. The molecule has 1 aromatic rings. The second-order valence-electron chi connectivity index (χ2n) is 4.60. The van der Waals surface area contributed by atoms with E-state index in [-0.39, 0.29) is 6.10 Å². The summed E-state index contributed by atoms with van der Waals surface area (Å²) in [5.41, 5.74) is 0. The molecule has 0 aliphatic heterocycles. The second kappa shape index (κ2) is 6.38. The van der Waals surface area contributed by atoms with Crippen molar-refractivity contribution in [3.05, 3.63) is 21.9 Å². The molecule has 1 rings (SSSR count). The lowest BCUT2D eigenvalue weighted by molar-refractivity contribution is 0.121. The highest BCUT2D eigenvalue weighted by Gasteiger charge is 2.12. The molecule has 2 N–H and O–H groups in total. The molecule has 2 unspecified atom stereocenters. The third-order valence-electron chi connectivity index (χ3n) is 2.86. The maximum Gasteiger partial charge on any atom is 0.0687 e. The molecular formula is C13H23NOS. The van der Waals surface area contributed by atoms with Gasteiger partial charge in [0, 0.05) is 22.3 Å². The Hall–Kier alpha value is -0.380. The smallest absolute Gasteiger partial charge is 0.0687 e. The van der Waals surface area contributed by atoms with Gasteiger partial charge in [0.25, 0.3) is 0 Å². The van der Waals surface area contributed by atoms with Gasteiger partial charge in [-0.15, -0.1) is 11.3 Å². The highest BCUT2D eigenvalue weighted by atomic mass is 32.1. The molecule has 0 bridgehead atoms. The molecule has 0 saturated heterocycles. The molecule has 92 valence electrons. The summed E-state index contributed by atoms with van der Waals surface area (Å²) < 4.78 is 0. The summed E-state index contributed by atoms with van der Waals surface area (Å²) in [5.74, 6) is 0.314. The van der Waals surface area contributed by atoms with Gasteiger partial charge in [-0.3, -0.25) is 0 Å². The summed E-state index contributed by atoms with van der Waals surface area (Å²) in [6.45, 7) is 9.07. The lowest BCUT2D eigenvalue weighted by atomic mass is 10.1. The number of hydrogen-bond donors (Lipinski definition) is 2. The number of aliphatic hydroxyl groups is 1. The van der Waals surface area contributed by atoms with Gasteiger partial charge >= 0.3 is 0 Å². The van der Waals surface area contributed by atoms with E-state index in [4.69, 9.17) is 0 Å². The van der Waals surface area contributed by atoms with Crippen LogP contribution in [0.2, 0.25) is 0 Å². The van der Waals surface area contributed by atoms with Crippen LogP contribution >= 0.6 is 11.3 Å². The van der Waals surface area contributed by atoms with Crippen LogP contribution in [0.1, 0.15) is 43.5 Å². The van der Waals surface area contributed by atoms with Crippen molar-refractivity contribution in [2.45, 2.75) is 46.3 Å². The minimum atomic E-state index is -0.256. The number of thiophene rings is 1. The Morgan fingerprint density at radius 2 is 2.00 bits per heavy atom. The first-order valence-electron chi connectivity index (χ1n) is 6.04. The maximum absolute atomic E-state index is 9.71. The van der Waals surface area contributed by atoms with Crippen LogP contribution in [0.15, 0.2) is 12.1 Å². The summed E-state index contributed by atoms with van der Waals surface area (Å²) in [7, 11) is 0. The fourth-order valence-electron chi connectivity index (χ4n) is 1.45. The molecule has 0 radical (unpaired) electrons. The molecule has 0 amide bonds. The zero-order valence-electron chi connectivity index (χ0n) is 10.7. The van der Waals surface area contributed by atoms with Crippen molar-refractivity contribution in [3.8, 4) is 0 Å². The molecular weight excluding hydrogens is 218 g/mol. The summed E-state index contributed by atoms with van der Waals surface area (Å²) in [6, 6.07) is 4.71. The van der Waals surface area contributed by atoms with Crippen LogP contribution in [-0.2, 0) is 6.42 Å². The summed E-state index contributed by atoms with van der Waals surface area (Å²) >= 11 is 1.86. The van der Waals surface area contributed by atoms with Crippen LogP contribution in [0, 0.1) is 5.92 Å². The molecule has 0 aliphatic rings. The predicted molar refractivity (Wildman–Crippen MR) is 71.0 cm³/mol. The van der Waals surface area contributed by atoms with Crippen LogP contribution < -0.4 is 5.32 Å². The Labute approximate surface area is 103 Å². The van der Waals surface area contributed by atoms with Crippen LogP contribution in [-0.4, -0.2) is 17.8 Å². The summed E-state index contributed by atoms with van der Waals surface area (Å²) in [5, 5.41) is 13.1. The minimum Gasteiger partial charge on any atom is -0.392 e. The molecule has 1 aromatic heterocycles. The first-order chi connectivity index (χ1) is 7.54. The Morgan fingerprint density at radius 3 is 2.50 bits per heavy atom. The maximum atomic E-state index is 9.71. The van der Waals surface area contributed by atoms with Gasteiger partial charge in [-0.05, 0) is 31.4 Å². The van der Waals surface area contributed by atoms with E-state index < -0.39 is 0 Å². The molecule has 2 atom stereocenters. The van der Waals surface area contributed by atoms with Crippen molar-refractivity contribution in [3.63, 3.8) is 0 Å². The lowest BCUT2D eigenvalue weighted by Crippen LogP contribution is -2.31. The molecule has 0 fully saturated rings. The van der Waals surface area contributed by atoms with Gasteiger partial charge in [-0.1, -0.05) is 20.8 Å². The predicted octanol–water partition coefficient (Wildman–Crippen LogP) is 2.98. The van der Waals surface area contributed by atoms with Gasteiger partial charge in [0.1, 0.15) is 0 Å². The molecule has 3 heteroatoms. The zero-order chi connectivity index (χ0) is 12.1. The van der Waals surface area contributed by atoms with Crippen molar-refractivity contribution < 1.29 is 5.11 Å². The normalized spacial score (nSPS) is 15.4. The molecule has 1 heterocycles. The third-order valence-corrected chi connectivity index (χ3v) is 4.27. The summed E-state index contributed by atoms with van der Waals surface area (Å²) in [6.07, 6.45) is 0.847. The van der Waals surface area contributed by atoms with E-state index in [1.165, 1.54) is 9.75 Å². The van der Waals surface area contributed by atoms with Gasteiger partial charge in [0.05, 0.1) is 6.10 Å². The van der Waals surface area contributed by atoms with Gasteiger partial charge in [0.2, 0.25) is 0 Å². The van der Waals surface area contributed by atoms with E-state index in [1.54, 1.807) is 0 Å². The monoisotopic (exact) mass is 241 g/mol. The Morgan fingerprint density at radius 1 is 1.31 bits per heavy atom. The Kier molecular flexibility index (Phi) is 5.46. The molecule has 0 aliphatic carbocycles. The van der Waals surface area contributed by atoms with Crippen LogP contribution in [0.4, 0.5) is 0 Å². The van der Waals surface area contributed by atoms with Crippen molar-refractivity contribution >= 4 is 11.3 Å². The van der Waals surface area contributed by atoms with E-state index in [9.17, 15) is 5.11 Å². The van der Waals surface area contributed by atoms with Crippen LogP contribution in [0.25, 0.3) is 0 Å². The Bertz CT molecular complexity index is 309. The molecule has 0 aromatic carbocycles. The molecule has 16 heavy (non-hydrogen) atoms. The molecule has 0 saturated carbocycles. The van der Waals surface area contributed by atoms with E-state index in [2.05, 4.69) is 31.3 Å². The number of hydrogen-bond acceptors (Lipinski definition) is 3. The van der Waals surface area contributed by atoms with Gasteiger partial charge in [-0.2, -0.15) is 0 Å². The van der Waals surface area contributed by atoms with E-state index in [1.807, 2.05) is 25.2 Å². The van der Waals surface area contributed by atoms with Crippen molar-refractivity contribution in [1.82, 2.24) is 5.32 Å². The SMILES string of the molecule is CCc1ccc(C(C)NCC(O)C(C)C)s1. The van der Waals surface area contributed by atoms with Crippen LogP contribution in [0.5, 0.6) is 0 Å². The average molecular weight is 241 g/mol. The summed E-state index contributed by atoms with van der Waals surface area (Å²) in [4.78, 5) is 2.78. The van der Waals surface area contributed by atoms with Crippen molar-refractivity contribution in [2.24, 2.45) is 5.92 Å². The van der Waals surface area contributed by atoms with Gasteiger partial charge in [0.15, 0.2) is 0 Å². The highest BCUT2D eigenvalue weighted by Crippen LogP contribution is 2.23. The standard InChI is InChI=1S/C13H23NOS/c1-5-11-6-7-13(16-11)10(4)14-8-12(15)9(2)3/h6-7,9-10,12,14-15H,5,8H2,1-4H3. The molecule has 2 nitrogen and oxygen atoms in total. The van der Waals surface area contributed by atoms with Gasteiger partial charge in [-0.25, -0.2) is 0 Å². The quantitative estimate of drug-likeness (QED) is 0.802. The number of aryl methyl sites for hydroxylation is 1. The van der Waals surface area contributed by atoms with Gasteiger partial charge < -0.3 is 10.4 Å². The topological polar surface area (TPSA) is 32.3 Å². The zero-order valence-corrected chi connectivity index (χ0v) is 11.5.